The Balaban J connectivity index is 2.14. The number of amidine groups is 1. The van der Waals surface area contributed by atoms with Crippen molar-refractivity contribution in [2.75, 3.05) is 0 Å². The van der Waals surface area contributed by atoms with Gasteiger partial charge in [0.1, 0.15) is 18.2 Å². The molecule has 3 nitrogen and oxygen atoms in total. The second kappa shape index (κ2) is 6.08. The Morgan fingerprint density at radius 3 is 2.68 bits per heavy atom. The molecule has 0 aliphatic carbocycles. The maximum absolute atomic E-state index is 7.52. The van der Waals surface area contributed by atoms with E-state index in [1.807, 2.05) is 0 Å². The number of nitrogens with two attached hydrogens (primary N) is 1. The second-order valence-corrected chi connectivity index (χ2v) is 5.75. The van der Waals surface area contributed by atoms with Gasteiger partial charge in [-0.25, -0.2) is 0 Å². The van der Waals surface area contributed by atoms with E-state index >= 15 is 0 Å². The van der Waals surface area contributed by atoms with Crippen molar-refractivity contribution in [2.24, 2.45) is 5.73 Å². The summed E-state index contributed by atoms with van der Waals surface area (Å²) < 4.78 is 5.73. The predicted octanol–water partition coefficient (Wildman–Crippen LogP) is 3.83. The summed E-state index contributed by atoms with van der Waals surface area (Å²) in [6.07, 6.45) is 1.03. The molecule has 0 saturated carbocycles. The standard InChI is InChI=1S/C14H15ClN2OS/c1-2-10-4-5-11(19-10)8-18-13-7-9(15)3-6-12(13)14(16)17/h3-7H,2,8H2,1H3,(H3,16,17). The minimum atomic E-state index is -0.0212. The van der Waals surface area contributed by atoms with Gasteiger partial charge in [0.15, 0.2) is 0 Å². The van der Waals surface area contributed by atoms with Gasteiger partial charge in [0.25, 0.3) is 0 Å². The Bertz CT molecular complexity index is 595. The molecule has 5 heteroatoms. The summed E-state index contributed by atoms with van der Waals surface area (Å²) in [5, 5.41) is 8.09. The Morgan fingerprint density at radius 2 is 2.05 bits per heavy atom. The zero-order valence-electron chi connectivity index (χ0n) is 10.6. The summed E-state index contributed by atoms with van der Waals surface area (Å²) in [5.74, 6) is 0.526. The molecule has 0 saturated heterocycles. The third-order valence-corrected chi connectivity index (χ3v) is 4.11. The topological polar surface area (TPSA) is 59.1 Å². The van der Waals surface area contributed by atoms with Crippen LogP contribution in [0.5, 0.6) is 5.75 Å². The van der Waals surface area contributed by atoms with Crippen molar-refractivity contribution in [1.29, 1.82) is 5.41 Å². The van der Waals surface area contributed by atoms with Crippen LogP contribution < -0.4 is 10.5 Å². The van der Waals surface area contributed by atoms with Gasteiger partial charge in [-0.3, -0.25) is 5.41 Å². The molecule has 0 spiro atoms. The Morgan fingerprint density at radius 1 is 1.32 bits per heavy atom. The number of nitrogens with one attached hydrogen (secondary N) is 1. The van der Waals surface area contributed by atoms with E-state index in [0.29, 0.717) is 22.9 Å². The molecule has 100 valence electrons. The predicted molar refractivity (Wildman–Crippen MR) is 80.5 cm³/mol. The fourth-order valence-electron chi connectivity index (χ4n) is 1.68. The van der Waals surface area contributed by atoms with Crippen LogP contribution >= 0.6 is 22.9 Å². The number of hydrogen-bond donors (Lipinski definition) is 2. The van der Waals surface area contributed by atoms with Gasteiger partial charge in [0, 0.05) is 14.8 Å². The quantitative estimate of drug-likeness (QED) is 0.650. The number of aryl methyl sites for hydroxylation is 1. The van der Waals surface area contributed by atoms with Crippen LogP contribution in [0.3, 0.4) is 0 Å². The van der Waals surface area contributed by atoms with Crippen molar-refractivity contribution in [1.82, 2.24) is 0 Å². The molecule has 1 aromatic heterocycles. The van der Waals surface area contributed by atoms with Crippen molar-refractivity contribution in [2.45, 2.75) is 20.0 Å². The lowest BCUT2D eigenvalue weighted by atomic mass is 10.2. The molecule has 1 aromatic carbocycles. The van der Waals surface area contributed by atoms with Gasteiger partial charge in [-0.2, -0.15) is 0 Å². The molecule has 3 N–H and O–H groups in total. The molecule has 2 rings (SSSR count). The SMILES string of the molecule is CCc1ccc(COc2cc(Cl)ccc2C(=N)N)s1. The average molecular weight is 295 g/mol. The van der Waals surface area contributed by atoms with Gasteiger partial charge >= 0.3 is 0 Å². The van der Waals surface area contributed by atoms with Crippen molar-refractivity contribution in [3.05, 3.63) is 50.7 Å². The zero-order chi connectivity index (χ0) is 13.8. The van der Waals surface area contributed by atoms with Crippen LogP contribution in [0.1, 0.15) is 22.2 Å². The molecule has 0 bridgehead atoms. The first-order valence-electron chi connectivity index (χ1n) is 5.94. The highest BCUT2D eigenvalue weighted by Gasteiger charge is 2.08. The van der Waals surface area contributed by atoms with Gasteiger partial charge in [-0.1, -0.05) is 18.5 Å². The molecule has 0 unspecified atom stereocenters. The lowest BCUT2D eigenvalue weighted by molar-refractivity contribution is 0.309. The molecule has 0 fully saturated rings. The van der Waals surface area contributed by atoms with E-state index in [9.17, 15) is 0 Å². The monoisotopic (exact) mass is 294 g/mol. The first-order chi connectivity index (χ1) is 9.10. The molecular weight excluding hydrogens is 280 g/mol. The molecule has 0 amide bonds. The number of benzene rings is 1. The smallest absolute Gasteiger partial charge is 0.132 e. The first kappa shape index (κ1) is 13.9. The second-order valence-electron chi connectivity index (χ2n) is 4.06. The van der Waals surface area contributed by atoms with Crippen molar-refractivity contribution in [3.8, 4) is 5.75 Å². The molecule has 19 heavy (non-hydrogen) atoms. The van der Waals surface area contributed by atoms with E-state index in [2.05, 4.69) is 19.1 Å². The van der Waals surface area contributed by atoms with Crippen LogP contribution in [0.4, 0.5) is 0 Å². The van der Waals surface area contributed by atoms with Gasteiger partial charge in [-0.15, -0.1) is 11.3 Å². The van der Waals surface area contributed by atoms with E-state index in [-0.39, 0.29) is 5.84 Å². The maximum atomic E-state index is 7.52. The molecule has 1 heterocycles. The molecule has 0 radical (unpaired) electrons. The lowest BCUT2D eigenvalue weighted by Crippen LogP contribution is -2.13. The summed E-state index contributed by atoms with van der Waals surface area (Å²) in [4.78, 5) is 2.47. The number of halogens is 1. The summed E-state index contributed by atoms with van der Waals surface area (Å²) in [6.45, 7) is 2.59. The molecular formula is C14H15ClN2OS. The van der Waals surface area contributed by atoms with Gasteiger partial charge in [-0.05, 0) is 36.8 Å². The van der Waals surface area contributed by atoms with Crippen LogP contribution in [0.15, 0.2) is 30.3 Å². The highest BCUT2D eigenvalue weighted by molar-refractivity contribution is 7.11. The first-order valence-corrected chi connectivity index (χ1v) is 7.14. The molecule has 2 aromatic rings. The summed E-state index contributed by atoms with van der Waals surface area (Å²) in [6, 6.07) is 9.25. The van der Waals surface area contributed by atoms with E-state index in [1.165, 1.54) is 4.88 Å². The number of rotatable bonds is 5. The molecule has 0 aliphatic heterocycles. The van der Waals surface area contributed by atoms with E-state index in [0.717, 1.165) is 11.3 Å². The van der Waals surface area contributed by atoms with Crippen LogP contribution in [0.2, 0.25) is 5.02 Å². The minimum absolute atomic E-state index is 0.0212. The maximum Gasteiger partial charge on any atom is 0.132 e. The largest absolute Gasteiger partial charge is 0.487 e. The number of nitrogen functional groups attached to an aromatic ring is 1. The molecule has 0 aliphatic rings. The molecule has 0 atom stereocenters. The highest BCUT2D eigenvalue weighted by Crippen LogP contribution is 2.25. The van der Waals surface area contributed by atoms with E-state index < -0.39 is 0 Å². The van der Waals surface area contributed by atoms with Crippen molar-refractivity contribution >= 4 is 28.8 Å². The van der Waals surface area contributed by atoms with Gasteiger partial charge in [0.05, 0.1) is 5.56 Å². The van der Waals surface area contributed by atoms with Crippen LogP contribution in [0, 0.1) is 5.41 Å². The third-order valence-electron chi connectivity index (χ3n) is 2.67. The summed E-state index contributed by atoms with van der Waals surface area (Å²) in [7, 11) is 0. The number of hydrogen-bond acceptors (Lipinski definition) is 3. The summed E-state index contributed by atoms with van der Waals surface area (Å²) in [5.41, 5.74) is 6.09. The Kier molecular flexibility index (Phi) is 4.45. The zero-order valence-corrected chi connectivity index (χ0v) is 12.1. The van der Waals surface area contributed by atoms with E-state index in [4.69, 9.17) is 27.5 Å². The van der Waals surface area contributed by atoms with Gasteiger partial charge < -0.3 is 10.5 Å². The lowest BCUT2D eigenvalue weighted by Gasteiger charge is -2.10. The normalized spacial score (nSPS) is 10.4. The minimum Gasteiger partial charge on any atom is -0.487 e. The van der Waals surface area contributed by atoms with Crippen molar-refractivity contribution < 1.29 is 4.74 Å². The summed E-state index contributed by atoms with van der Waals surface area (Å²) >= 11 is 7.67. The van der Waals surface area contributed by atoms with E-state index in [1.54, 1.807) is 29.5 Å². The average Bonchev–Trinajstić information content (AvgIpc) is 2.84. The fraction of sp³-hybridized carbons (Fsp3) is 0.214. The van der Waals surface area contributed by atoms with Crippen LogP contribution in [-0.4, -0.2) is 5.84 Å². The number of thiophene rings is 1. The van der Waals surface area contributed by atoms with Crippen LogP contribution in [-0.2, 0) is 13.0 Å². The third kappa shape index (κ3) is 3.49. The van der Waals surface area contributed by atoms with Crippen LogP contribution in [0.25, 0.3) is 0 Å². The van der Waals surface area contributed by atoms with Crippen molar-refractivity contribution in [3.63, 3.8) is 0 Å². The Labute approximate surface area is 121 Å². The highest BCUT2D eigenvalue weighted by atomic mass is 35.5. The fourth-order valence-corrected chi connectivity index (χ4v) is 2.71. The Hall–Kier alpha value is -1.52. The number of ether oxygens (including phenoxy) is 1. The van der Waals surface area contributed by atoms with Gasteiger partial charge in [0.2, 0.25) is 0 Å².